The minimum atomic E-state index is -0.529. The van der Waals surface area contributed by atoms with Crippen molar-refractivity contribution in [1.29, 1.82) is 0 Å². The van der Waals surface area contributed by atoms with Crippen LogP contribution in [0.25, 0.3) is 0 Å². The van der Waals surface area contributed by atoms with E-state index < -0.39 is 6.10 Å². The first-order valence-electron chi connectivity index (χ1n) is 9.33. The highest BCUT2D eigenvalue weighted by Crippen LogP contribution is 2.34. The molecule has 1 N–H and O–H groups in total. The van der Waals surface area contributed by atoms with Gasteiger partial charge in [0.2, 0.25) is 5.91 Å². The predicted octanol–water partition coefficient (Wildman–Crippen LogP) is 1.03. The normalized spacial score (nSPS) is 20.4. The third-order valence-corrected chi connectivity index (χ3v) is 4.72. The van der Waals surface area contributed by atoms with Crippen LogP contribution in [0.15, 0.2) is 24.3 Å². The van der Waals surface area contributed by atoms with Crippen LogP contribution in [0.5, 0.6) is 5.75 Å². The minimum Gasteiger partial charge on any atom is -0.478 e. The Balaban J connectivity index is 1.50. The van der Waals surface area contributed by atoms with E-state index in [2.05, 4.69) is 10.2 Å². The summed E-state index contributed by atoms with van der Waals surface area (Å²) in [7, 11) is 0. The second-order valence-electron chi connectivity index (χ2n) is 6.56. The minimum absolute atomic E-state index is 0.0211. The number of hydrogen-bond donors (Lipinski definition) is 1. The Hall–Kier alpha value is -2.12. The highest BCUT2D eigenvalue weighted by atomic mass is 16.5. The lowest BCUT2D eigenvalue weighted by Crippen LogP contribution is -2.49. The topological polar surface area (TPSA) is 71.1 Å². The summed E-state index contributed by atoms with van der Waals surface area (Å²) in [5.74, 6) is 0.348. The smallest absolute Gasteiger partial charge is 0.268 e. The van der Waals surface area contributed by atoms with Gasteiger partial charge in [0.25, 0.3) is 5.91 Å². The molecule has 142 valence electrons. The summed E-state index contributed by atoms with van der Waals surface area (Å²) in [6, 6.07) is 7.35. The van der Waals surface area contributed by atoms with Gasteiger partial charge in [-0.05, 0) is 31.5 Å². The molecule has 0 spiro atoms. The van der Waals surface area contributed by atoms with Gasteiger partial charge in [-0.25, -0.2) is 0 Å². The molecule has 2 aliphatic rings. The number of ether oxygens (including phenoxy) is 2. The van der Waals surface area contributed by atoms with Crippen molar-refractivity contribution in [3.8, 4) is 5.75 Å². The number of anilines is 1. The van der Waals surface area contributed by atoms with E-state index in [0.29, 0.717) is 24.4 Å². The van der Waals surface area contributed by atoms with E-state index >= 15 is 0 Å². The van der Waals surface area contributed by atoms with E-state index in [-0.39, 0.29) is 18.4 Å². The molecule has 2 amide bonds. The third kappa shape index (κ3) is 4.53. The Morgan fingerprint density at radius 3 is 2.81 bits per heavy atom. The van der Waals surface area contributed by atoms with Gasteiger partial charge in [-0.15, -0.1) is 0 Å². The number of para-hydroxylation sites is 2. The van der Waals surface area contributed by atoms with Crippen LogP contribution in [0.4, 0.5) is 5.69 Å². The largest absolute Gasteiger partial charge is 0.478 e. The second-order valence-corrected chi connectivity index (χ2v) is 6.56. The predicted molar refractivity (Wildman–Crippen MR) is 98.4 cm³/mol. The van der Waals surface area contributed by atoms with Crippen molar-refractivity contribution < 1.29 is 19.1 Å². The fraction of sp³-hybridized carbons (Fsp3) is 0.579. The van der Waals surface area contributed by atoms with E-state index in [1.54, 1.807) is 0 Å². The number of rotatable bonds is 7. The van der Waals surface area contributed by atoms with Crippen LogP contribution < -0.4 is 15.0 Å². The van der Waals surface area contributed by atoms with Crippen molar-refractivity contribution in [1.82, 2.24) is 10.2 Å². The van der Waals surface area contributed by atoms with Crippen LogP contribution in [0.3, 0.4) is 0 Å². The van der Waals surface area contributed by atoms with Crippen molar-refractivity contribution in [3.05, 3.63) is 24.3 Å². The maximum atomic E-state index is 12.6. The molecule has 0 unspecified atom stereocenters. The Morgan fingerprint density at radius 1 is 1.27 bits per heavy atom. The number of benzene rings is 1. The summed E-state index contributed by atoms with van der Waals surface area (Å²) in [4.78, 5) is 28.8. The number of nitrogens with zero attached hydrogens (tertiary/aromatic N) is 2. The first-order chi connectivity index (χ1) is 12.7. The molecule has 7 heteroatoms. The highest BCUT2D eigenvalue weighted by Gasteiger charge is 2.34. The van der Waals surface area contributed by atoms with Crippen molar-refractivity contribution in [2.75, 3.05) is 50.8 Å². The van der Waals surface area contributed by atoms with Crippen LogP contribution >= 0.6 is 0 Å². The average molecular weight is 361 g/mol. The van der Waals surface area contributed by atoms with Gasteiger partial charge in [-0.2, -0.15) is 0 Å². The fourth-order valence-electron chi connectivity index (χ4n) is 3.25. The molecule has 26 heavy (non-hydrogen) atoms. The van der Waals surface area contributed by atoms with E-state index in [1.807, 2.05) is 31.2 Å². The maximum absolute atomic E-state index is 12.6. The van der Waals surface area contributed by atoms with Crippen LogP contribution in [0.1, 0.15) is 19.8 Å². The first kappa shape index (κ1) is 18.7. The van der Waals surface area contributed by atoms with Gasteiger partial charge >= 0.3 is 0 Å². The molecule has 1 aromatic rings. The lowest BCUT2D eigenvalue weighted by molar-refractivity contribution is -0.129. The van der Waals surface area contributed by atoms with Gasteiger partial charge in [0.1, 0.15) is 12.3 Å². The van der Waals surface area contributed by atoms with E-state index in [4.69, 9.17) is 9.47 Å². The van der Waals surface area contributed by atoms with Gasteiger partial charge in [0, 0.05) is 19.6 Å². The summed E-state index contributed by atoms with van der Waals surface area (Å²) in [6.07, 6.45) is 0.931. The third-order valence-electron chi connectivity index (χ3n) is 4.72. The molecule has 0 saturated carbocycles. The second kappa shape index (κ2) is 9.00. The number of nitrogens with one attached hydrogen (secondary N) is 1. The number of hydrogen-bond acceptors (Lipinski definition) is 5. The van der Waals surface area contributed by atoms with Gasteiger partial charge in [0.05, 0.1) is 18.9 Å². The molecule has 0 aromatic heterocycles. The first-order valence-corrected chi connectivity index (χ1v) is 9.33. The number of fused-ring (bicyclic) bond motifs is 1. The molecule has 3 rings (SSSR count). The molecule has 2 heterocycles. The van der Waals surface area contributed by atoms with Crippen molar-refractivity contribution in [3.63, 3.8) is 0 Å². The molecule has 1 saturated heterocycles. The van der Waals surface area contributed by atoms with E-state index in [9.17, 15) is 9.59 Å². The molecule has 0 bridgehead atoms. The summed E-state index contributed by atoms with van der Waals surface area (Å²) in [6.45, 7) is 6.94. The van der Waals surface area contributed by atoms with Crippen LogP contribution in [0.2, 0.25) is 0 Å². The average Bonchev–Trinajstić information content (AvgIpc) is 2.68. The number of amides is 2. The van der Waals surface area contributed by atoms with Gasteiger partial charge in [-0.1, -0.05) is 19.1 Å². The summed E-state index contributed by atoms with van der Waals surface area (Å²) in [5, 5.41) is 2.92. The quantitative estimate of drug-likeness (QED) is 0.735. The lowest BCUT2D eigenvalue weighted by Gasteiger charge is -2.33. The number of carbonyl (C=O) groups excluding carboxylic acids is 2. The van der Waals surface area contributed by atoms with E-state index in [1.165, 1.54) is 4.90 Å². The summed E-state index contributed by atoms with van der Waals surface area (Å²) >= 11 is 0. The Bertz CT molecular complexity index is 631. The van der Waals surface area contributed by atoms with Crippen LogP contribution in [-0.2, 0) is 14.3 Å². The Labute approximate surface area is 154 Å². The molecule has 1 aromatic carbocycles. The number of morpholine rings is 1. The molecule has 7 nitrogen and oxygen atoms in total. The molecule has 0 aliphatic carbocycles. The molecular weight excluding hydrogens is 334 g/mol. The van der Waals surface area contributed by atoms with Crippen molar-refractivity contribution in [2.24, 2.45) is 0 Å². The van der Waals surface area contributed by atoms with E-state index in [0.717, 1.165) is 39.3 Å². The zero-order valence-electron chi connectivity index (χ0n) is 15.3. The standard InChI is InChI=1S/C19H27N3O4/c1-2-16-19(24)22(15-6-3-4-7-17(15)26-16)14-18(23)20-8-5-9-21-10-12-25-13-11-21/h3-4,6-7,16H,2,5,8-14H2,1H3,(H,20,23)/t16-/m1/s1. The lowest BCUT2D eigenvalue weighted by atomic mass is 10.1. The molecule has 1 atom stereocenters. The van der Waals surface area contributed by atoms with Gasteiger partial charge in [0.15, 0.2) is 6.10 Å². The van der Waals surface area contributed by atoms with Gasteiger partial charge in [-0.3, -0.25) is 19.4 Å². The Kier molecular flexibility index (Phi) is 6.46. The van der Waals surface area contributed by atoms with Crippen molar-refractivity contribution in [2.45, 2.75) is 25.9 Å². The SMILES string of the molecule is CC[C@H]1Oc2ccccc2N(CC(=O)NCCCN2CCOCC2)C1=O. The molecule has 1 fully saturated rings. The van der Waals surface area contributed by atoms with Crippen LogP contribution in [-0.4, -0.2) is 68.8 Å². The zero-order chi connectivity index (χ0) is 18.4. The molecule has 0 radical (unpaired) electrons. The highest BCUT2D eigenvalue weighted by molar-refractivity contribution is 6.03. The fourth-order valence-corrected chi connectivity index (χ4v) is 3.25. The number of carbonyl (C=O) groups is 2. The van der Waals surface area contributed by atoms with Gasteiger partial charge < -0.3 is 14.8 Å². The Morgan fingerprint density at radius 2 is 2.04 bits per heavy atom. The monoisotopic (exact) mass is 361 g/mol. The van der Waals surface area contributed by atoms with Crippen molar-refractivity contribution >= 4 is 17.5 Å². The summed E-state index contributed by atoms with van der Waals surface area (Å²) in [5.41, 5.74) is 0.658. The van der Waals surface area contributed by atoms with Crippen LogP contribution in [0, 0.1) is 0 Å². The molecule has 2 aliphatic heterocycles. The molecular formula is C19H27N3O4. The zero-order valence-corrected chi connectivity index (χ0v) is 15.3. The maximum Gasteiger partial charge on any atom is 0.268 e. The summed E-state index contributed by atoms with van der Waals surface area (Å²) < 4.78 is 11.1.